The molecule has 0 saturated heterocycles. The van der Waals surface area contributed by atoms with Crippen LogP contribution >= 0.6 is 0 Å². The summed E-state index contributed by atoms with van der Waals surface area (Å²) < 4.78 is 24.7. The quantitative estimate of drug-likeness (QED) is 0.470. The molecule has 10 nitrogen and oxygen atoms in total. The Balaban J connectivity index is 1.92. The van der Waals surface area contributed by atoms with Crippen LogP contribution in [0.4, 0.5) is 5.69 Å². The SMILES string of the molecule is CC(c1cccc(S(N)(=O)=O)c1)N(C)C(=O)c1ccc(-n2ccnc2)c([N+](=O)[O-])c1. The molecule has 11 heteroatoms. The van der Waals surface area contributed by atoms with E-state index in [-0.39, 0.29) is 21.8 Å². The van der Waals surface area contributed by atoms with Gasteiger partial charge in [0.15, 0.2) is 0 Å². The van der Waals surface area contributed by atoms with Crippen LogP contribution in [-0.2, 0) is 10.0 Å². The third-order valence-corrected chi connectivity index (χ3v) is 5.68. The minimum Gasteiger partial charge on any atom is -0.335 e. The van der Waals surface area contributed by atoms with Gasteiger partial charge in [-0.1, -0.05) is 12.1 Å². The lowest BCUT2D eigenvalue weighted by atomic mass is 10.1. The smallest absolute Gasteiger partial charge is 0.294 e. The zero-order valence-electron chi connectivity index (χ0n) is 16.2. The van der Waals surface area contributed by atoms with Crippen molar-refractivity contribution in [3.8, 4) is 5.69 Å². The number of nitro benzene ring substituents is 1. The first-order chi connectivity index (χ1) is 14.1. The number of benzene rings is 2. The highest BCUT2D eigenvalue weighted by Gasteiger charge is 2.24. The number of sulfonamides is 1. The number of carbonyl (C=O) groups is 1. The number of primary sulfonamides is 1. The molecule has 156 valence electrons. The van der Waals surface area contributed by atoms with E-state index in [1.54, 1.807) is 19.2 Å². The Morgan fingerprint density at radius 2 is 2.00 bits per heavy atom. The maximum absolute atomic E-state index is 13.0. The molecule has 2 aromatic carbocycles. The van der Waals surface area contributed by atoms with Gasteiger partial charge in [-0.25, -0.2) is 18.5 Å². The maximum atomic E-state index is 13.0. The van der Waals surface area contributed by atoms with Crippen molar-refractivity contribution in [3.63, 3.8) is 0 Å². The fraction of sp³-hybridized carbons (Fsp3) is 0.158. The number of imidazole rings is 1. The minimum atomic E-state index is -3.88. The normalized spacial score (nSPS) is 12.4. The molecule has 1 aromatic heterocycles. The van der Waals surface area contributed by atoms with Crippen LogP contribution in [0.1, 0.15) is 28.9 Å². The largest absolute Gasteiger partial charge is 0.335 e. The van der Waals surface area contributed by atoms with Crippen molar-refractivity contribution < 1.29 is 18.1 Å². The number of nitrogens with zero attached hydrogens (tertiary/aromatic N) is 4. The first-order valence-electron chi connectivity index (χ1n) is 8.76. The Hall–Kier alpha value is -3.57. The van der Waals surface area contributed by atoms with E-state index < -0.39 is 26.9 Å². The van der Waals surface area contributed by atoms with Gasteiger partial charge in [-0.05, 0) is 36.8 Å². The number of nitro groups is 1. The van der Waals surface area contributed by atoms with Crippen molar-refractivity contribution >= 4 is 21.6 Å². The van der Waals surface area contributed by atoms with Gasteiger partial charge in [0.05, 0.1) is 22.2 Å². The number of hydrogen-bond acceptors (Lipinski definition) is 6. The second-order valence-corrected chi connectivity index (χ2v) is 8.20. The summed E-state index contributed by atoms with van der Waals surface area (Å²) in [4.78, 5) is 29.1. The maximum Gasteiger partial charge on any atom is 0.294 e. The summed E-state index contributed by atoms with van der Waals surface area (Å²) in [6, 6.07) is 9.65. The fourth-order valence-electron chi connectivity index (χ4n) is 2.98. The zero-order chi connectivity index (χ0) is 22.1. The highest BCUT2D eigenvalue weighted by atomic mass is 32.2. The van der Waals surface area contributed by atoms with E-state index in [9.17, 15) is 23.3 Å². The van der Waals surface area contributed by atoms with E-state index in [4.69, 9.17) is 5.14 Å². The molecule has 0 spiro atoms. The zero-order valence-corrected chi connectivity index (χ0v) is 17.0. The number of aromatic nitrogens is 2. The second kappa shape index (κ2) is 8.05. The van der Waals surface area contributed by atoms with E-state index >= 15 is 0 Å². The highest BCUT2D eigenvalue weighted by molar-refractivity contribution is 7.89. The number of amides is 1. The Kier molecular flexibility index (Phi) is 5.67. The van der Waals surface area contributed by atoms with Crippen molar-refractivity contribution in [1.29, 1.82) is 0 Å². The van der Waals surface area contributed by atoms with Crippen molar-refractivity contribution in [2.24, 2.45) is 5.14 Å². The molecule has 0 aliphatic rings. The van der Waals surface area contributed by atoms with Gasteiger partial charge < -0.3 is 9.47 Å². The Bertz CT molecular complexity index is 1210. The molecule has 0 radical (unpaired) electrons. The number of carbonyl (C=O) groups excluding carboxylic acids is 1. The van der Waals surface area contributed by atoms with E-state index in [2.05, 4.69) is 4.98 Å². The number of hydrogen-bond donors (Lipinski definition) is 1. The molecule has 0 fully saturated rings. The summed E-state index contributed by atoms with van der Waals surface area (Å²) in [5.74, 6) is -0.455. The topological polar surface area (TPSA) is 141 Å². The van der Waals surface area contributed by atoms with E-state index in [0.29, 0.717) is 5.56 Å². The summed E-state index contributed by atoms with van der Waals surface area (Å²) in [6.45, 7) is 1.72. The van der Waals surface area contributed by atoms with Crippen molar-refractivity contribution in [2.45, 2.75) is 17.9 Å². The number of rotatable bonds is 6. The molecule has 1 heterocycles. The first-order valence-corrected chi connectivity index (χ1v) is 10.3. The standard InChI is InChI=1S/C19H19N5O5S/c1-13(14-4-3-5-16(10-14)30(20,28)29)22(2)19(25)15-6-7-17(18(11-15)24(26)27)23-9-8-21-12-23/h3-13H,1-2H3,(H2,20,28,29). The molecule has 2 N–H and O–H groups in total. The third kappa shape index (κ3) is 4.21. The van der Waals surface area contributed by atoms with E-state index in [0.717, 1.165) is 0 Å². The fourth-order valence-corrected chi connectivity index (χ4v) is 3.55. The van der Waals surface area contributed by atoms with Gasteiger partial charge in [0.25, 0.3) is 11.6 Å². The Morgan fingerprint density at radius 3 is 2.60 bits per heavy atom. The van der Waals surface area contributed by atoms with Crippen molar-refractivity contribution in [2.75, 3.05) is 7.05 Å². The van der Waals surface area contributed by atoms with Crippen LogP contribution in [0.3, 0.4) is 0 Å². The predicted octanol–water partition coefficient (Wildman–Crippen LogP) is 2.26. The molecule has 1 atom stereocenters. The summed E-state index contributed by atoms with van der Waals surface area (Å²) in [5.41, 5.74) is 0.728. The summed E-state index contributed by atoms with van der Waals surface area (Å²) >= 11 is 0. The van der Waals surface area contributed by atoms with Gasteiger partial charge in [0.2, 0.25) is 10.0 Å². The molecule has 0 aliphatic heterocycles. The summed E-state index contributed by atoms with van der Waals surface area (Å²) in [7, 11) is -2.35. The average Bonchev–Trinajstić information content (AvgIpc) is 3.25. The lowest BCUT2D eigenvalue weighted by molar-refractivity contribution is -0.384. The van der Waals surface area contributed by atoms with Crippen LogP contribution in [0, 0.1) is 10.1 Å². The minimum absolute atomic E-state index is 0.0620. The second-order valence-electron chi connectivity index (χ2n) is 6.64. The lowest BCUT2D eigenvalue weighted by Gasteiger charge is -2.26. The van der Waals surface area contributed by atoms with Gasteiger partial charge in [-0.2, -0.15) is 0 Å². The molecule has 0 saturated carbocycles. The van der Waals surface area contributed by atoms with Crippen molar-refractivity contribution in [1.82, 2.24) is 14.5 Å². The molecule has 3 aromatic rings. The van der Waals surface area contributed by atoms with Crippen LogP contribution in [0.2, 0.25) is 0 Å². The predicted molar refractivity (Wildman–Crippen MR) is 109 cm³/mol. The molecule has 3 rings (SSSR count). The average molecular weight is 429 g/mol. The molecule has 1 unspecified atom stereocenters. The van der Waals surface area contributed by atoms with Crippen LogP contribution in [0.15, 0.2) is 66.1 Å². The van der Waals surface area contributed by atoms with Crippen LogP contribution < -0.4 is 5.14 Å². The highest BCUT2D eigenvalue weighted by Crippen LogP contribution is 2.27. The van der Waals surface area contributed by atoms with Crippen molar-refractivity contribution in [3.05, 3.63) is 82.4 Å². The van der Waals surface area contributed by atoms with Gasteiger partial charge in [-0.3, -0.25) is 14.9 Å². The Labute approximate surface area is 172 Å². The van der Waals surface area contributed by atoms with Crippen LogP contribution in [0.25, 0.3) is 5.69 Å². The molecule has 0 aliphatic carbocycles. The van der Waals surface area contributed by atoms with Crippen LogP contribution in [-0.4, -0.2) is 40.7 Å². The molecular weight excluding hydrogens is 410 g/mol. The van der Waals surface area contributed by atoms with Gasteiger partial charge in [0.1, 0.15) is 5.69 Å². The monoisotopic (exact) mass is 429 g/mol. The lowest BCUT2D eigenvalue weighted by Crippen LogP contribution is -2.30. The van der Waals surface area contributed by atoms with Gasteiger partial charge in [0, 0.05) is 31.1 Å². The molecule has 0 bridgehead atoms. The van der Waals surface area contributed by atoms with E-state index in [1.165, 1.54) is 65.4 Å². The molecule has 1 amide bonds. The van der Waals surface area contributed by atoms with E-state index in [1.807, 2.05) is 0 Å². The molecule has 30 heavy (non-hydrogen) atoms. The Morgan fingerprint density at radius 1 is 1.27 bits per heavy atom. The number of nitrogens with two attached hydrogens (primary N) is 1. The van der Waals surface area contributed by atoms with Gasteiger partial charge in [-0.15, -0.1) is 0 Å². The first kappa shape index (κ1) is 21.1. The third-order valence-electron chi connectivity index (χ3n) is 4.77. The summed E-state index contributed by atoms with van der Waals surface area (Å²) in [5, 5.41) is 16.7. The summed E-state index contributed by atoms with van der Waals surface area (Å²) in [6.07, 6.45) is 4.49. The molecular formula is C19H19N5O5S. The van der Waals surface area contributed by atoms with Crippen LogP contribution in [0.5, 0.6) is 0 Å². The van der Waals surface area contributed by atoms with Gasteiger partial charge >= 0.3 is 0 Å².